The topological polar surface area (TPSA) is 63.8 Å². The van der Waals surface area contributed by atoms with E-state index in [-0.39, 0.29) is 11.3 Å². The summed E-state index contributed by atoms with van der Waals surface area (Å²) >= 11 is 5.16. The Labute approximate surface area is 219 Å². The first-order chi connectivity index (χ1) is 16.8. The molecule has 1 aliphatic carbocycles. The van der Waals surface area contributed by atoms with Crippen LogP contribution in [0.25, 0.3) is 0 Å². The van der Waals surface area contributed by atoms with E-state index < -0.39 is 0 Å². The van der Waals surface area contributed by atoms with Crippen LogP contribution in [0.1, 0.15) is 59.3 Å². The Balaban J connectivity index is 1.68. The average Bonchev–Trinajstić information content (AvgIpc) is 3.47. The van der Waals surface area contributed by atoms with Gasteiger partial charge in [-0.1, -0.05) is 49.4 Å². The van der Waals surface area contributed by atoms with Gasteiger partial charge in [0.2, 0.25) is 0 Å². The van der Waals surface area contributed by atoms with Crippen LogP contribution in [0.5, 0.6) is 5.75 Å². The van der Waals surface area contributed by atoms with Crippen LogP contribution < -0.4 is 10.1 Å². The Morgan fingerprint density at radius 1 is 1.37 bits per heavy atom. The number of aliphatic imine (C=N–C) groups is 1. The SMILES string of the molecule is C=CCOc1ccc(Br)cc1C=Nc1sc2c(c1C(=O)NCc1ccco1)CC[C@@H](C(C)(C)C)C2. The normalized spacial score (nSPS) is 15.7. The molecule has 35 heavy (non-hydrogen) atoms. The zero-order chi connectivity index (χ0) is 25.0. The van der Waals surface area contributed by atoms with Crippen molar-refractivity contribution < 1.29 is 13.9 Å². The summed E-state index contributed by atoms with van der Waals surface area (Å²) in [5, 5.41) is 3.76. The van der Waals surface area contributed by atoms with E-state index in [1.54, 1.807) is 29.9 Å². The van der Waals surface area contributed by atoms with Gasteiger partial charge in [-0.2, -0.15) is 0 Å². The van der Waals surface area contributed by atoms with Crippen LogP contribution in [-0.2, 0) is 19.4 Å². The van der Waals surface area contributed by atoms with Crippen LogP contribution in [0, 0.1) is 11.3 Å². The molecule has 4 rings (SSSR count). The van der Waals surface area contributed by atoms with Gasteiger partial charge in [0.1, 0.15) is 23.1 Å². The molecular formula is C28H31BrN2O3S. The largest absolute Gasteiger partial charge is 0.489 e. The molecule has 184 valence electrons. The van der Waals surface area contributed by atoms with Gasteiger partial charge in [-0.15, -0.1) is 11.3 Å². The minimum atomic E-state index is -0.113. The molecular weight excluding hydrogens is 524 g/mol. The molecule has 1 aliphatic rings. The number of amides is 1. The van der Waals surface area contributed by atoms with E-state index >= 15 is 0 Å². The zero-order valence-corrected chi connectivity index (χ0v) is 22.8. The van der Waals surface area contributed by atoms with Crippen LogP contribution >= 0.6 is 27.3 Å². The lowest BCUT2D eigenvalue weighted by atomic mass is 9.72. The number of ether oxygens (including phenoxy) is 1. The number of carbonyl (C=O) groups excluding carboxylic acids is 1. The van der Waals surface area contributed by atoms with Crippen LogP contribution in [0.2, 0.25) is 0 Å². The number of halogens is 1. The smallest absolute Gasteiger partial charge is 0.255 e. The second-order valence-electron chi connectivity index (χ2n) is 9.79. The molecule has 2 aromatic heterocycles. The van der Waals surface area contributed by atoms with E-state index in [4.69, 9.17) is 14.1 Å². The molecule has 3 aromatic rings. The van der Waals surface area contributed by atoms with Gasteiger partial charge in [0, 0.05) is 21.1 Å². The van der Waals surface area contributed by atoms with Crippen LogP contribution in [0.15, 0.2) is 63.1 Å². The second-order valence-corrected chi connectivity index (χ2v) is 11.8. The molecule has 0 unspecified atom stereocenters. The molecule has 1 amide bonds. The average molecular weight is 556 g/mol. The highest BCUT2D eigenvalue weighted by atomic mass is 79.9. The van der Waals surface area contributed by atoms with E-state index in [0.717, 1.165) is 51.4 Å². The molecule has 0 saturated heterocycles. The molecule has 0 radical (unpaired) electrons. The summed E-state index contributed by atoms with van der Waals surface area (Å²) in [5.74, 6) is 1.90. The third-order valence-corrected chi connectivity index (χ3v) is 8.01. The molecule has 0 aliphatic heterocycles. The molecule has 0 spiro atoms. The summed E-state index contributed by atoms with van der Waals surface area (Å²) in [6.45, 7) is 11.4. The van der Waals surface area contributed by atoms with E-state index in [0.29, 0.717) is 24.6 Å². The van der Waals surface area contributed by atoms with Crippen molar-refractivity contribution in [2.45, 2.75) is 46.6 Å². The standard InChI is InChI=1S/C28H31BrN2O3S/c1-5-12-34-23-11-9-20(29)14-18(23)16-31-27-25(26(32)30-17-21-7-6-13-33-21)22-10-8-19(28(2,3)4)15-24(22)35-27/h5-7,9,11,13-14,16,19H,1,8,10,12,15,17H2,2-4H3,(H,30,32)/t19-/m1/s1. The van der Waals surface area contributed by atoms with Crippen LogP contribution in [0.4, 0.5) is 5.00 Å². The monoisotopic (exact) mass is 554 g/mol. The minimum absolute atomic E-state index is 0.113. The number of nitrogens with zero attached hydrogens (tertiary/aromatic N) is 1. The number of furan rings is 1. The number of hydrogen-bond acceptors (Lipinski definition) is 5. The summed E-state index contributed by atoms with van der Waals surface area (Å²) in [6, 6.07) is 9.47. The molecule has 0 saturated carbocycles. The van der Waals surface area contributed by atoms with E-state index in [9.17, 15) is 4.79 Å². The van der Waals surface area contributed by atoms with Crippen molar-refractivity contribution >= 4 is 44.4 Å². The van der Waals surface area contributed by atoms with Crippen molar-refractivity contribution in [2.75, 3.05) is 6.61 Å². The Bertz CT molecular complexity index is 1220. The maximum Gasteiger partial charge on any atom is 0.255 e. The van der Waals surface area contributed by atoms with Crippen LogP contribution in [0.3, 0.4) is 0 Å². The van der Waals surface area contributed by atoms with Gasteiger partial charge in [-0.3, -0.25) is 4.79 Å². The first kappa shape index (κ1) is 25.5. The minimum Gasteiger partial charge on any atom is -0.489 e. The number of nitrogens with one attached hydrogen (secondary N) is 1. The van der Waals surface area contributed by atoms with Gasteiger partial charge in [-0.25, -0.2) is 4.99 Å². The Kier molecular flexibility index (Phi) is 7.97. The van der Waals surface area contributed by atoms with Gasteiger partial charge in [-0.05, 0) is 66.5 Å². The highest BCUT2D eigenvalue weighted by Gasteiger charge is 2.33. The van der Waals surface area contributed by atoms with Crippen molar-refractivity contribution in [2.24, 2.45) is 16.3 Å². The third-order valence-electron chi connectivity index (χ3n) is 6.35. The van der Waals surface area contributed by atoms with Crippen molar-refractivity contribution in [1.29, 1.82) is 0 Å². The second kappa shape index (κ2) is 11.0. The first-order valence-electron chi connectivity index (χ1n) is 11.8. The molecule has 1 aromatic carbocycles. The molecule has 1 N–H and O–H groups in total. The van der Waals surface area contributed by atoms with Gasteiger partial charge in [0.25, 0.3) is 5.91 Å². The van der Waals surface area contributed by atoms with Crippen molar-refractivity contribution in [3.8, 4) is 5.75 Å². The summed E-state index contributed by atoms with van der Waals surface area (Å²) < 4.78 is 12.1. The fourth-order valence-corrected chi connectivity index (χ4v) is 5.98. The number of carbonyl (C=O) groups is 1. The Hall–Kier alpha value is -2.64. The van der Waals surface area contributed by atoms with E-state index in [2.05, 4.69) is 48.6 Å². The molecule has 1 atom stereocenters. The van der Waals surface area contributed by atoms with Crippen molar-refractivity contribution in [3.63, 3.8) is 0 Å². The third kappa shape index (κ3) is 6.14. The Morgan fingerprint density at radius 2 is 2.20 bits per heavy atom. The number of hydrogen-bond donors (Lipinski definition) is 1. The maximum absolute atomic E-state index is 13.4. The van der Waals surface area contributed by atoms with Crippen molar-refractivity contribution in [3.05, 3.63) is 81.1 Å². The molecule has 5 nitrogen and oxygen atoms in total. The summed E-state index contributed by atoms with van der Waals surface area (Å²) in [6.07, 6.45) is 8.04. The Morgan fingerprint density at radius 3 is 2.91 bits per heavy atom. The summed E-state index contributed by atoms with van der Waals surface area (Å²) in [5.41, 5.74) is 2.88. The van der Waals surface area contributed by atoms with Crippen LogP contribution in [-0.4, -0.2) is 18.7 Å². The van der Waals surface area contributed by atoms with E-state index in [1.165, 1.54) is 4.88 Å². The maximum atomic E-state index is 13.4. The molecule has 7 heteroatoms. The summed E-state index contributed by atoms with van der Waals surface area (Å²) in [4.78, 5) is 19.5. The number of rotatable bonds is 8. The molecule has 0 bridgehead atoms. The van der Waals surface area contributed by atoms with Gasteiger partial charge in [0.15, 0.2) is 0 Å². The summed E-state index contributed by atoms with van der Waals surface area (Å²) in [7, 11) is 0. The number of fused-ring (bicyclic) bond motifs is 1. The lowest BCUT2D eigenvalue weighted by Gasteiger charge is -2.33. The highest BCUT2D eigenvalue weighted by molar-refractivity contribution is 9.10. The lowest BCUT2D eigenvalue weighted by molar-refractivity contribution is 0.0947. The lowest BCUT2D eigenvalue weighted by Crippen LogP contribution is -2.28. The van der Waals surface area contributed by atoms with Gasteiger partial charge in [0.05, 0.1) is 18.4 Å². The fraction of sp³-hybridized carbons (Fsp3) is 0.357. The quantitative estimate of drug-likeness (QED) is 0.231. The van der Waals surface area contributed by atoms with Gasteiger partial charge >= 0.3 is 0 Å². The predicted molar refractivity (Wildman–Crippen MR) is 146 cm³/mol. The van der Waals surface area contributed by atoms with Gasteiger partial charge < -0.3 is 14.5 Å². The fourth-order valence-electron chi connectivity index (χ4n) is 4.33. The molecule has 2 heterocycles. The number of thiophene rings is 1. The number of benzene rings is 1. The van der Waals surface area contributed by atoms with Crippen molar-refractivity contribution in [1.82, 2.24) is 5.32 Å². The zero-order valence-electron chi connectivity index (χ0n) is 20.4. The van der Waals surface area contributed by atoms with E-state index in [1.807, 2.05) is 30.3 Å². The highest BCUT2D eigenvalue weighted by Crippen LogP contribution is 2.45. The first-order valence-corrected chi connectivity index (χ1v) is 13.4. The molecule has 0 fully saturated rings. The predicted octanol–water partition coefficient (Wildman–Crippen LogP) is 7.50.